The van der Waals surface area contributed by atoms with Crippen LogP contribution in [0.1, 0.15) is 32.1 Å². The van der Waals surface area contributed by atoms with Gasteiger partial charge in [0.2, 0.25) is 10.0 Å². The summed E-state index contributed by atoms with van der Waals surface area (Å²) in [6.07, 6.45) is 4.70. The summed E-state index contributed by atoms with van der Waals surface area (Å²) in [4.78, 5) is 0. The fraction of sp³-hybridized carbons (Fsp3) is 0.538. The molecule has 1 saturated carbocycles. The lowest BCUT2D eigenvalue weighted by molar-refractivity contribution is 0.415. The Kier molecular flexibility index (Phi) is 4.11. The molecule has 1 aliphatic carbocycles. The predicted octanol–water partition coefficient (Wildman–Crippen LogP) is 2.77. The van der Waals surface area contributed by atoms with Crippen molar-refractivity contribution in [1.82, 2.24) is 0 Å². The van der Waals surface area contributed by atoms with Crippen molar-refractivity contribution in [3.8, 4) is 5.75 Å². The SMILES string of the molecule is COc1ccc(NS(=O)(=O)C2CCCCC2)cc1. The van der Waals surface area contributed by atoms with Crippen LogP contribution < -0.4 is 9.46 Å². The van der Waals surface area contributed by atoms with Crippen LogP contribution in [0.25, 0.3) is 0 Å². The van der Waals surface area contributed by atoms with Crippen LogP contribution in [-0.2, 0) is 10.0 Å². The molecule has 0 bridgehead atoms. The highest BCUT2D eigenvalue weighted by Gasteiger charge is 2.26. The summed E-state index contributed by atoms with van der Waals surface area (Å²) in [6, 6.07) is 6.94. The van der Waals surface area contributed by atoms with Gasteiger partial charge in [0.05, 0.1) is 12.4 Å². The average molecular weight is 269 g/mol. The van der Waals surface area contributed by atoms with E-state index in [2.05, 4.69) is 4.72 Å². The standard InChI is InChI=1S/C13H19NO3S/c1-17-12-9-7-11(8-10-12)14-18(15,16)13-5-3-2-4-6-13/h7-10,13-14H,2-6H2,1H3. The van der Waals surface area contributed by atoms with E-state index in [0.29, 0.717) is 5.69 Å². The highest BCUT2D eigenvalue weighted by atomic mass is 32.2. The van der Waals surface area contributed by atoms with Gasteiger partial charge < -0.3 is 4.74 Å². The summed E-state index contributed by atoms with van der Waals surface area (Å²) < 4.78 is 32.0. The molecule has 0 radical (unpaired) electrons. The number of hydrogen-bond donors (Lipinski definition) is 1. The molecule has 1 N–H and O–H groups in total. The van der Waals surface area contributed by atoms with Crippen molar-refractivity contribution >= 4 is 15.7 Å². The second-order valence-corrected chi connectivity index (χ2v) is 6.60. The quantitative estimate of drug-likeness (QED) is 0.914. The second kappa shape index (κ2) is 5.61. The number of ether oxygens (including phenoxy) is 1. The molecular formula is C13H19NO3S. The topological polar surface area (TPSA) is 55.4 Å². The molecule has 4 nitrogen and oxygen atoms in total. The van der Waals surface area contributed by atoms with Crippen molar-refractivity contribution in [1.29, 1.82) is 0 Å². The number of anilines is 1. The molecule has 5 heteroatoms. The van der Waals surface area contributed by atoms with Crippen LogP contribution in [-0.4, -0.2) is 20.8 Å². The Morgan fingerprint density at radius 3 is 2.28 bits per heavy atom. The molecule has 1 aromatic rings. The number of rotatable bonds is 4. The van der Waals surface area contributed by atoms with Gasteiger partial charge in [-0.15, -0.1) is 0 Å². The number of methoxy groups -OCH3 is 1. The van der Waals surface area contributed by atoms with Crippen molar-refractivity contribution in [3.63, 3.8) is 0 Å². The van der Waals surface area contributed by atoms with Gasteiger partial charge in [-0.3, -0.25) is 4.72 Å². The lowest BCUT2D eigenvalue weighted by Gasteiger charge is -2.22. The van der Waals surface area contributed by atoms with E-state index in [1.54, 1.807) is 31.4 Å². The van der Waals surface area contributed by atoms with E-state index in [1.807, 2.05) is 0 Å². The van der Waals surface area contributed by atoms with Gasteiger partial charge in [-0.1, -0.05) is 19.3 Å². The molecule has 0 amide bonds. The molecule has 100 valence electrons. The van der Waals surface area contributed by atoms with Crippen molar-refractivity contribution in [2.24, 2.45) is 0 Å². The van der Waals surface area contributed by atoms with E-state index in [0.717, 1.165) is 37.9 Å². The summed E-state index contributed by atoms with van der Waals surface area (Å²) in [5.41, 5.74) is 0.598. The van der Waals surface area contributed by atoms with E-state index in [1.165, 1.54) is 0 Å². The average Bonchev–Trinajstić information content (AvgIpc) is 2.40. The molecule has 18 heavy (non-hydrogen) atoms. The Morgan fingerprint density at radius 1 is 1.11 bits per heavy atom. The molecule has 0 spiro atoms. The first-order valence-electron chi connectivity index (χ1n) is 6.27. The lowest BCUT2D eigenvalue weighted by atomic mass is 10.0. The number of nitrogens with one attached hydrogen (secondary N) is 1. The molecular weight excluding hydrogens is 250 g/mol. The Labute approximate surface area is 108 Å². The van der Waals surface area contributed by atoms with Gasteiger partial charge in [0.1, 0.15) is 5.75 Å². The molecule has 0 aromatic heterocycles. The van der Waals surface area contributed by atoms with E-state index in [4.69, 9.17) is 4.74 Å². The van der Waals surface area contributed by atoms with Crippen LogP contribution in [0, 0.1) is 0 Å². The van der Waals surface area contributed by atoms with Gasteiger partial charge in [-0.05, 0) is 37.1 Å². The van der Waals surface area contributed by atoms with Crippen LogP contribution in [0.15, 0.2) is 24.3 Å². The van der Waals surface area contributed by atoms with Gasteiger partial charge in [0.25, 0.3) is 0 Å². The first kappa shape index (κ1) is 13.2. The van der Waals surface area contributed by atoms with Crippen molar-refractivity contribution in [2.75, 3.05) is 11.8 Å². The summed E-state index contributed by atoms with van der Waals surface area (Å²) >= 11 is 0. The first-order valence-corrected chi connectivity index (χ1v) is 7.82. The van der Waals surface area contributed by atoms with Crippen LogP contribution in [0.5, 0.6) is 5.75 Å². The second-order valence-electron chi connectivity index (χ2n) is 4.64. The molecule has 0 saturated heterocycles. The molecule has 2 rings (SSSR count). The smallest absolute Gasteiger partial charge is 0.235 e. The lowest BCUT2D eigenvalue weighted by Crippen LogP contribution is -2.29. The third-order valence-corrected chi connectivity index (χ3v) is 5.21. The molecule has 1 aromatic carbocycles. The summed E-state index contributed by atoms with van der Waals surface area (Å²) in [5, 5.41) is -0.242. The minimum Gasteiger partial charge on any atom is -0.497 e. The highest BCUT2D eigenvalue weighted by molar-refractivity contribution is 7.93. The molecule has 0 atom stereocenters. The third-order valence-electron chi connectivity index (χ3n) is 3.34. The van der Waals surface area contributed by atoms with Crippen LogP contribution in [0.4, 0.5) is 5.69 Å². The molecule has 1 aliphatic rings. The van der Waals surface area contributed by atoms with Crippen molar-refractivity contribution < 1.29 is 13.2 Å². The van der Waals surface area contributed by atoms with E-state index >= 15 is 0 Å². The molecule has 0 heterocycles. The van der Waals surface area contributed by atoms with E-state index < -0.39 is 10.0 Å². The number of benzene rings is 1. The fourth-order valence-corrected chi connectivity index (χ4v) is 3.87. The van der Waals surface area contributed by atoms with Crippen molar-refractivity contribution in [3.05, 3.63) is 24.3 Å². The molecule has 0 aliphatic heterocycles. The Balaban J connectivity index is 2.06. The highest BCUT2D eigenvalue weighted by Crippen LogP contribution is 2.25. The summed E-state index contributed by atoms with van der Waals surface area (Å²) in [6.45, 7) is 0. The van der Waals surface area contributed by atoms with Gasteiger partial charge in [-0.2, -0.15) is 0 Å². The molecule has 0 unspecified atom stereocenters. The largest absolute Gasteiger partial charge is 0.497 e. The minimum absolute atomic E-state index is 0.242. The van der Waals surface area contributed by atoms with Gasteiger partial charge in [-0.25, -0.2) is 8.42 Å². The zero-order valence-electron chi connectivity index (χ0n) is 10.6. The minimum atomic E-state index is -3.25. The zero-order valence-corrected chi connectivity index (χ0v) is 11.4. The van der Waals surface area contributed by atoms with Gasteiger partial charge in [0, 0.05) is 5.69 Å². The van der Waals surface area contributed by atoms with Gasteiger partial charge in [0.15, 0.2) is 0 Å². The number of hydrogen-bond acceptors (Lipinski definition) is 3. The maximum atomic E-state index is 12.2. The van der Waals surface area contributed by atoms with Crippen LogP contribution >= 0.6 is 0 Å². The fourth-order valence-electron chi connectivity index (χ4n) is 2.28. The Bertz CT molecular complexity index is 475. The monoisotopic (exact) mass is 269 g/mol. The normalized spacial score (nSPS) is 17.4. The van der Waals surface area contributed by atoms with Crippen LogP contribution in [0.2, 0.25) is 0 Å². The Hall–Kier alpha value is -1.23. The van der Waals surface area contributed by atoms with E-state index in [9.17, 15) is 8.42 Å². The Morgan fingerprint density at radius 2 is 1.72 bits per heavy atom. The summed E-state index contributed by atoms with van der Waals surface area (Å²) in [5.74, 6) is 0.718. The van der Waals surface area contributed by atoms with E-state index in [-0.39, 0.29) is 5.25 Å². The third kappa shape index (κ3) is 3.16. The van der Waals surface area contributed by atoms with Crippen molar-refractivity contribution in [2.45, 2.75) is 37.4 Å². The predicted molar refractivity (Wildman–Crippen MR) is 72.4 cm³/mol. The maximum absolute atomic E-state index is 12.2. The summed E-state index contributed by atoms with van der Waals surface area (Å²) in [7, 11) is -1.66. The van der Waals surface area contributed by atoms with Crippen LogP contribution in [0.3, 0.4) is 0 Å². The van der Waals surface area contributed by atoms with Gasteiger partial charge >= 0.3 is 0 Å². The maximum Gasteiger partial charge on any atom is 0.235 e. The first-order chi connectivity index (χ1) is 8.62. The number of sulfonamides is 1. The zero-order chi connectivity index (χ0) is 13.0. The molecule has 1 fully saturated rings.